The Morgan fingerprint density at radius 3 is 2.38 bits per heavy atom. The molecule has 0 aliphatic heterocycles. The Hall–Kier alpha value is -3.04. The van der Waals surface area contributed by atoms with Gasteiger partial charge in [-0.25, -0.2) is 9.59 Å². The number of H-pyrrole nitrogens is 1. The highest BCUT2D eigenvalue weighted by Crippen LogP contribution is 2.32. The van der Waals surface area contributed by atoms with E-state index in [1.54, 1.807) is 0 Å². The number of alkyl halides is 3. The van der Waals surface area contributed by atoms with Crippen LogP contribution in [0.15, 0.2) is 36.5 Å². The van der Waals surface area contributed by atoms with Gasteiger partial charge in [0.2, 0.25) is 0 Å². The SMILES string of the molecule is COC(=O)c1ccc([C@H](NC(=O)Nc2ccn[nH]2)C(F)(F)F)cc1. The van der Waals surface area contributed by atoms with Gasteiger partial charge in [0.15, 0.2) is 6.04 Å². The van der Waals surface area contributed by atoms with Crippen LogP contribution < -0.4 is 10.6 Å². The normalized spacial score (nSPS) is 12.3. The number of hydrogen-bond acceptors (Lipinski definition) is 4. The van der Waals surface area contributed by atoms with Crippen LogP contribution in [0.1, 0.15) is 22.0 Å². The van der Waals surface area contributed by atoms with Crippen molar-refractivity contribution in [2.45, 2.75) is 12.2 Å². The summed E-state index contributed by atoms with van der Waals surface area (Å²) >= 11 is 0. The van der Waals surface area contributed by atoms with Gasteiger partial charge in [0, 0.05) is 6.07 Å². The van der Waals surface area contributed by atoms with Crippen LogP contribution in [0.4, 0.5) is 23.8 Å². The lowest BCUT2D eigenvalue weighted by Crippen LogP contribution is -2.40. The molecule has 0 saturated carbocycles. The van der Waals surface area contributed by atoms with E-state index in [9.17, 15) is 22.8 Å². The summed E-state index contributed by atoms with van der Waals surface area (Å²) in [6.07, 6.45) is -3.39. The van der Waals surface area contributed by atoms with Crippen LogP contribution in [0.3, 0.4) is 0 Å². The molecule has 7 nitrogen and oxygen atoms in total. The van der Waals surface area contributed by atoms with E-state index in [1.807, 2.05) is 5.32 Å². The van der Waals surface area contributed by atoms with Crippen LogP contribution in [-0.4, -0.2) is 35.5 Å². The third kappa shape index (κ3) is 4.24. The van der Waals surface area contributed by atoms with Crippen molar-refractivity contribution in [2.24, 2.45) is 0 Å². The summed E-state index contributed by atoms with van der Waals surface area (Å²) in [7, 11) is 1.16. The van der Waals surface area contributed by atoms with Gasteiger partial charge in [-0.05, 0) is 17.7 Å². The number of methoxy groups -OCH3 is 1. The second kappa shape index (κ2) is 7.02. The number of esters is 1. The molecule has 0 unspecified atom stereocenters. The van der Waals surface area contributed by atoms with Gasteiger partial charge in [-0.2, -0.15) is 18.3 Å². The van der Waals surface area contributed by atoms with Crippen molar-refractivity contribution in [1.82, 2.24) is 15.5 Å². The van der Waals surface area contributed by atoms with Crippen molar-refractivity contribution in [3.63, 3.8) is 0 Å². The number of halogens is 3. The van der Waals surface area contributed by atoms with E-state index < -0.39 is 24.2 Å². The molecule has 0 aliphatic rings. The van der Waals surface area contributed by atoms with E-state index >= 15 is 0 Å². The number of carbonyl (C=O) groups is 2. The molecular weight excluding hydrogens is 329 g/mol. The van der Waals surface area contributed by atoms with Crippen LogP contribution in [-0.2, 0) is 4.74 Å². The Morgan fingerprint density at radius 1 is 1.21 bits per heavy atom. The average molecular weight is 342 g/mol. The zero-order valence-corrected chi connectivity index (χ0v) is 12.3. The van der Waals surface area contributed by atoms with E-state index in [-0.39, 0.29) is 16.9 Å². The number of amides is 2. The van der Waals surface area contributed by atoms with Crippen LogP contribution in [0.2, 0.25) is 0 Å². The number of aromatic amines is 1. The van der Waals surface area contributed by atoms with Crippen LogP contribution in [0.5, 0.6) is 0 Å². The molecule has 1 aromatic heterocycles. The number of anilines is 1. The van der Waals surface area contributed by atoms with Crippen molar-refractivity contribution < 1.29 is 27.5 Å². The molecular formula is C14H13F3N4O3. The molecule has 0 spiro atoms. The monoisotopic (exact) mass is 342 g/mol. The largest absolute Gasteiger partial charge is 0.465 e. The van der Waals surface area contributed by atoms with Crippen LogP contribution in [0, 0.1) is 0 Å². The quantitative estimate of drug-likeness (QED) is 0.744. The smallest absolute Gasteiger partial charge is 0.412 e. The molecule has 1 heterocycles. The first kappa shape index (κ1) is 17.3. The summed E-state index contributed by atoms with van der Waals surface area (Å²) in [5.74, 6) is -0.524. The molecule has 0 bridgehead atoms. The maximum Gasteiger partial charge on any atom is 0.412 e. The van der Waals surface area contributed by atoms with Gasteiger partial charge in [0.1, 0.15) is 5.82 Å². The zero-order valence-electron chi connectivity index (χ0n) is 12.3. The summed E-state index contributed by atoms with van der Waals surface area (Å²) in [6, 6.07) is 2.66. The minimum absolute atomic E-state index is 0.101. The Labute approximate surface area is 134 Å². The number of nitrogens with one attached hydrogen (secondary N) is 3. The number of benzene rings is 1. The Bertz CT molecular complexity index is 699. The van der Waals surface area contributed by atoms with Gasteiger partial charge in [-0.1, -0.05) is 12.1 Å². The average Bonchev–Trinajstić information content (AvgIpc) is 3.04. The van der Waals surface area contributed by atoms with Crippen molar-refractivity contribution in [3.05, 3.63) is 47.7 Å². The first-order chi connectivity index (χ1) is 11.3. The molecule has 2 amide bonds. The molecule has 1 aromatic carbocycles. The van der Waals surface area contributed by atoms with Gasteiger partial charge >= 0.3 is 18.2 Å². The molecule has 3 N–H and O–H groups in total. The molecule has 0 fully saturated rings. The number of hydrogen-bond donors (Lipinski definition) is 3. The lowest BCUT2D eigenvalue weighted by molar-refractivity contribution is -0.154. The Balaban J connectivity index is 2.16. The molecule has 128 valence electrons. The fraction of sp³-hybridized carbons (Fsp3) is 0.214. The third-order valence-electron chi connectivity index (χ3n) is 3.02. The minimum atomic E-state index is -4.72. The highest BCUT2D eigenvalue weighted by atomic mass is 19.4. The summed E-state index contributed by atoms with van der Waals surface area (Å²) < 4.78 is 44.1. The molecule has 0 radical (unpaired) electrons. The maximum absolute atomic E-state index is 13.2. The van der Waals surface area contributed by atoms with E-state index in [4.69, 9.17) is 0 Å². The Morgan fingerprint density at radius 2 is 1.88 bits per heavy atom. The summed E-state index contributed by atoms with van der Waals surface area (Å²) in [5.41, 5.74) is -0.126. The molecule has 24 heavy (non-hydrogen) atoms. The topological polar surface area (TPSA) is 96.1 Å². The van der Waals surface area contributed by atoms with E-state index in [0.717, 1.165) is 19.2 Å². The predicted octanol–water partition coefficient (Wildman–Crippen LogP) is 2.62. The molecule has 1 atom stereocenters. The summed E-state index contributed by atoms with van der Waals surface area (Å²) in [4.78, 5) is 23.0. The van der Waals surface area contributed by atoms with Gasteiger partial charge in [-0.3, -0.25) is 10.4 Å². The maximum atomic E-state index is 13.2. The van der Waals surface area contributed by atoms with Crippen molar-refractivity contribution in [1.29, 1.82) is 0 Å². The standard InChI is InChI=1S/C14H13F3N4O3/c1-24-12(22)9-4-2-8(3-5-9)11(14(15,16)17)20-13(23)19-10-6-7-18-21-10/h2-7,11H,1H3,(H3,18,19,20,21,23)/t11-/m0/s1. The minimum Gasteiger partial charge on any atom is -0.465 e. The van der Waals surface area contributed by atoms with Gasteiger partial charge in [0.05, 0.1) is 18.9 Å². The van der Waals surface area contributed by atoms with Crippen LogP contribution >= 0.6 is 0 Å². The second-order valence-corrected chi connectivity index (χ2v) is 4.66. The first-order valence-corrected chi connectivity index (χ1v) is 6.63. The van der Waals surface area contributed by atoms with Gasteiger partial charge in [0.25, 0.3) is 0 Å². The van der Waals surface area contributed by atoms with E-state index in [0.29, 0.717) is 0 Å². The number of ether oxygens (including phenoxy) is 1. The number of urea groups is 1. The highest BCUT2D eigenvalue weighted by molar-refractivity contribution is 5.89. The molecule has 2 rings (SSSR count). The number of rotatable bonds is 4. The van der Waals surface area contributed by atoms with Crippen molar-refractivity contribution in [3.8, 4) is 0 Å². The molecule has 2 aromatic rings. The lowest BCUT2D eigenvalue weighted by atomic mass is 10.0. The van der Waals surface area contributed by atoms with Crippen molar-refractivity contribution >= 4 is 17.8 Å². The summed E-state index contributed by atoms with van der Waals surface area (Å²) in [5, 5.41) is 9.98. The number of aromatic nitrogens is 2. The van der Waals surface area contributed by atoms with Gasteiger partial charge in [-0.15, -0.1) is 0 Å². The van der Waals surface area contributed by atoms with Gasteiger partial charge < -0.3 is 10.1 Å². The van der Waals surface area contributed by atoms with Crippen molar-refractivity contribution in [2.75, 3.05) is 12.4 Å². The highest BCUT2D eigenvalue weighted by Gasteiger charge is 2.42. The lowest BCUT2D eigenvalue weighted by Gasteiger charge is -2.22. The number of carbonyl (C=O) groups excluding carboxylic acids is 2. The second-order valence-electron chi connectivity index (χ2n) is 4.66. The molecule has 0 saturated heterocycles. The molecule has 0 aliphatic carbocycles. The fourth-order valence-corrected chi connectivity index (χ4v) is 1.90. The Kier molecular flexibility index (Phi) is 5.07. The van der Waals surface area contributed by atoms with E-state index in [1.165, 1.54) is 24.4 Å². The number of nitrogens with zero attached hydrogens (tertiary/aromatic N) is 1. The van der Waals surface area contributed by atoms with E-state index in [2.05, 4.69) is 20.3 Å². The fourth-order valence-electron chi connectivity index (χ4n) is 1.90. The zero-order chi connectivity index (χ0) is 17.7. The molecule has 10 heteroatoms. The third-order valence-corrected chi connectivity index (χ3v) is 3.02. The van der Waals surface area contributed by atoms with Crippen LogP contribution in [0.25, 0.3) is 0 Å². The predicted molar refractivity (Wildman–Crippen MR) is 77.3 cm³/mol. The summed E-state index contributed by atoms with van der Waals surface area (Å²) in [6.45, 7) is 0. The first-order valence-electron chi connectivity index (χ1n) is 6.63.